The summed E-state index contributed by atoms with van der Waals surface area (Å²) in [5.41, 5.74) is 5.50. The Balaban J connectivity index is 3.71. The normalized spacial score (nSPS) is 13.5. The molecule has 0 saturated heterocycles. The second-order valence-electron chi connectivity index (χ2n) is 2.79. The molecule has 1 atom stereocenters. The van der Waals surface area contributed by atoms with Crippen molar-refractivity contribution in [2.24, 2.45) is 11.7 Å². The first-order valence-corrected chi connectivity index (χ1v) is 4.54. The monoisotopic (exact) mass is 174 g/mol. The topological polar surface area (TPSA) is 29.3 Å². The molecule has 0 bridgehead atoms. The number of hydrogen-bond donors (Lipinski definition) is 1. The molecule has 66 valence electrons. The summed E-state index contributed by atoms with van der Waals surface area (Å²) in [6.07, 6.45) is 0. The van der Waals surface area contributed by atoms with Gasteiger partial charge in [0.25, 0.3) is 0 Å². The van der Waals surface area contributed by atoms with E-state index in [0.29, 0.717) is 10.9 Å². The maximum atomic E-state index is 5.50. The second-order valence-corrected chi connectivity index (χ2v) is 3.26. The van der Waals surface area contributed by atoms with Gasteiger partial charge in [-0.25, -0.2) is 0 Å². The van der Waals surface area contributed by atoms with Gasteiger partial charge in [-0.05, 0) is 13.1 Å². The molecule has 3 heteroatoms. The van der Waals surface area contributed by atoms with Crippen LogP contribution in [0.3, 0.4) is 0 Å². The summed E-state index contributed by atoms with van der Waals surface area (Å²) < 4.78 is 0. The van der Waals surface area contributed by atoms with E-state index in [1.165, 1.54) is 0 Å². The van der Waals surface area contributed by atoms with Crippen molar-refractivity contribution in [2.45, 2.75) is 20.8 Å². The molecule has 0 aliphatic rings. The van der Waals surface area contributed by atoms with Crippen LogP contribution in [0.5, 0.6) is 0 Å². The highest BCUT2D eigenvalue weighted by atomic mass is 32.1. The Morgan fingerprint density at radius 3 is 2.18 bits per heavy atom. The van der Waals surface area contributed by atoms with Gasteiger partial charge in [-0.2, -0.15) is 0 Å². The third kappa shape index (κ3) is 4.32. The molecule has 11 heavy (non-hydrogen) atoms. The summed E-state index contributed by atoms with van der Waals surface area (Å²) in [6, 6.07) is 0. The Labute approximate surface area is 74.8 Å². The van der Waals surface area contributed by atoms with Crippen molar-refractivity contribution in [3.8, 4) is 0 Å². The first-order valence-electron chi connectivity index (χ1n) is 4.13. The third-order valence-electron chi connectivity index (χ3n) is 1.91. The summed E-state index contributed by atoms with van der Waals surface area (Å²) in [7, 11) is 0. The number of nitrogens with two attached hydrogens (primary N) is 1. The molecule has 0 spiro atoms. The van der Waals surface area contributed by atoms with Gasteiger partial charge in [0.15, 0.2) is 0 Å². The fourth-order valence-corrected chi connectivity index (χ4v) is 1.03. The number of nitrogens with zero attached hydrogens (tertiary/aromatic N) is 1. The Hall–Kier alpha value is -0.150. The largest absolute Gasteiger partial charge is 0.393 e. The maximum Gasteiger partial charge on any atom is 0.0768 e. The molecule has 0 radical (unpaired) electrons. The number of rotatable bonds is 5. The molecule has 1 unspecified atom stereocenters. The lowest BCUT2D eigenvalue weighted by atomic mass is 10.1. The van der Waals surface area contributed by atoms with Crippen molar-refractivity contribution in [1.82, 2.24) is 4.90 Å². The van der Waals surface area contributed by atoms with Crippen LogP contribution in [0.4, 0.5) is 0 Å². The lowest BCUT2D eigenvalue weighted by Gasteiger charge is -2.21. The van der Waals surface area contributed by atoms with E-state index in [2.05, 4.69) is 25.7 Å². The van der Waals surface area contributed by atoms with Crippen LogP contribution < -0.4 is 5.73 Å². The molecule has 2 nitrogen and oxygen atoms in total. The zero-order chi connectivity index (χ0) is 8.85. The highest BCUT2D eigenvalue weighted by Crippen LogP contribution is 1.99. The number of hydrogen-bond acceptors (Lipinski definition) is 2. The van der Waals surface area contributed by atoms with Crippen LogP contribution in [-0.2, 0) is 0 Å². The molecule has 0 aliphatic carbocycles. The van der Waals surface area contributed by atoms with E-state index in [4.69, 9.17) is 18.0 Å². The average molecular weight is 174 g/mol. The molecule has 0 rings (SSSR count). The van der Waals surface area contributed by atoms with Gasteiger partial charge in [-0.15, -0.1) is 0 Å². The van der Waals surface area contributed by atoms with Gasteiger partial charge >= 0.3 is 0 Å². The van der Waals surface area contributed by atoms with E-state index < -0.39 is 0 Å². The van der Waals surface area contributed by atoms with Crippen LogP contribution in [0.2, 0.25) is 0 Å². The van der Waals surface area contributed by atoms with Gasteiger partial charge in [0.1, 0.15) is 0 Å². The number of thiocarbonyl (C=S) groups is 1. The fourth-order valence-electron chi connectivity index (χ4n) is 0.959. The second kappa shape index (κ2) is 5.49. The molecule has 0 aliphatic heterocycles. The van der Waals surface area contributed by atoms with Gasteiger partial charge < -0.3 is 10.6 Å². The van der Waals surface area contributed by atoms with Crippen LogP contribution in [0.15, 0.2) is 0 Å². The van der Waals surface area contributed by atoms with Crippen molar-refractivity contribution in [1.29, 1.82) is 0 Å². The summed E-state index contributed by atoms with van der Waals surface area (Å²) >= 11 is 4.88. The first kappa shape index (κ1) is 10.8. The van der Waals surface area contributed by atoms with Crippen molar-refractivity contribution < 1.29 is 0 Å². The van der Waals surface area contributed by atoms with E-state index in [1.54, 1.807) is 0 Å². The van der Waals surface area contributed by atoms with Crippen LogP contribution in [0, 0.1) is 5.92 Å². The molecule has 0 fully saturated rings. The molecule has 0 aromatic rings. The highest BCUT2D eigenvalue weighted by molar-refractivity contribution is 7.80. The average Bonchev–Trinajstić information content (AvgIpc) is 1.99. The van der Waals surface area contributed by atoms with Crippen molar-refractivity contribution in [2.75, 3.05) is 19.6 Å². The Morgan fingerprint density at radius 2 is 1.91 bits per heavy atom. The van der Waals surface area contributed by atoms with Crippen molar-refractivity contribution in [3.63, 3.8) is 0 Å². The lowest BCUT2D eigenvalue weighted by Crippen LogP contribution is -2.33. The van der Waals surface area contributed by atoms with Crippen molar-refractivity contribution >= 4 is 17.2 Å². The summed E-state index contributed by atoms with van der Waals surface area (Å²) in [5.74, 6) is 0.338. The standard InChI is InChI=1S/C8H18N2S/c1-4-10(5-2)6-7(3)8(9)11/h7H,4-6H2,1-3H3,(H2,9,11). The van der Waals surface area contributed by atoms with Gasteiger partial charge in [0.2, 0.25) is 0 Å². The van der Waals surface area contributed by atoms with Crippen molar-refractivity contribution in [3.05, 3.63) is 0 Å². The zero-order valence-corrected chi connectivity index (χ0v) is 8.45. The Bertz CT molecular complexity index is 121. The van der Waals surface area contributed by atoms with E-state index in [0.717, 1.165) is 19.6 Å². The smallest absolute Gasteiger partial charge is 0.0768 e. The summed E-state index contributed by atoms with van der Waals surface area (Å²) in [5, 5.41) is 0. The fraction of sp³-hybridized carbons (Fsp3) is 0.875. The molecular weight excluding hydrogens is 156 g/mol. The lowest BCUT2D eigenvalue weighted by molar-refractivity contribution is 0.287. The summed E-state index contributed by atoms with van der Waals surface area (Å²) in [6.45, 7) is 9.50. The quantitative estimate of drug-likeness (QED) is 0.636. The molecule has 2 N–H and O–H groups in total. The van der Waals surface area contributed by atoms with Crippen LogP contribution >= 0.6 is 12.2 Å². The predicted octanol–water partition coefficient (Wildman–Crippen LogP) is 1.25. The molecule has 0 aromatic carbocycles. The molecule has 0 aromatic heterocycles. The van der Waals surface area contributed by atoms with Gasteiger partial charge in [-0.1, -0.05) is 33.0 Å². The molecule has 0 heterocycles. The third-order valence-corrected chi connectivity index (χ3v) is 2.31. The Morgan fingerprint density at radius 1 is 1.45 bits per heavy atom. The van der Waals surface area contributed by atoms with E-state index >= 15 is 0 Å². The maximum absolute atomic E-state index is 5.50. The van der Waals surface area contributed by atoms with Crippen LogP contribution in [-0.4, -0.2) is 29.5 Å². The zero-order valence-electron chi connectivity index (χ0n) is 7.63. The van der Waals surface area contributed by atoms with Crippen LogP contribution in [0.25, 0.3) is 0 Å². The molecular formula is C8H18N2S. The van der Waals surface area contributed by atoms with E-state index in [-0.39, 0.29) is 0 Å². The minimum absolute atomic E-state index is 0.338. The minimum atomic E-state index is 0.338. The van der Waals surface area contributed by atoms with Gasteiger partial charge in [-0.3, -0.25) is 0 Å². The minimum Gasteiger partial charge on any atom is -0.393 e. The molecule has 0 amide bonds. The van der Waals surface area contributed by atoms with Gasteiger partial charge in [0, 0.05) is 12.5 Å². The predicted molar refractivity (Wildman–Crippen MR) is 53.7 cm³/mol. The summed E-state index contributed by atoms with van der Waals surface area (Å²) in [4.78, 5) is 2.95. The molecule has 0 saturated carbocycles. The van der Waals surface area contributed by atoms with Gasteiger partial charge in [0.05, 0.1) is 4.99 Å². The first-order chi connectivity index (χ1) is 5.11. The van der Waals surface area contributed by atoms with Crippen LogP contribution in [0.1, 0.15) is 20.8 Å². The Kier molecular flexibility index (Phi) is 5.42. The highest BCUT2D eigenvalue weighted by Gasteiger charge is 2.08. The van der Waals surface area contributed by atoms with E-state index in [9.17, 15) is 0 Å². The SMILES string of the molecule is CCN(CC)CC(C)C(N)=S. The van der Waals surface area contributed by atoms with E-state index in [1.807, 2.05) is 0 Å².